The molecular formula is C14H18BrNS2. The quantitative estimate of drug-likeness (QED) is 0.728. The first-order valence-electron chi connectivity index (χ1n) is 6.22. The molecule has 0 aliphatic carbocycles. The third-order valence-electron chi connectivity index (χ3n) is 2.89. The van der Waals surface area contributed by atoms with Gasteiger partial charge in [-0.1, -0.05) is 19.4 Å². The third kappa shape index (κ3) is 3.67. The lowest BCUT2D eigenvalue weighted by molar-refractivity contribution is 0.503. The van der Waals surface area contributed by atoms with Gasteiger partial charge in [0.1, 0.15) is 0 Å². The van der Waals surface area contributed by atoms with Crippen molar-refractivity contribution in [2.45, 2.75) is 39.3 Å². The largest absolute Gasteiger partial charge is 0.304 e. The maximum atomic E-state index is 3.68. The van der Waals surface area contributed by atoms with Crippen molar-refractivity contribution in [3.8, 4) is 0 Å². The van der Waals surface area contributed by atoms with Crippen LogP contribution in [0.15, 0.2) is 28.1 Å². The molecule has 0 spiro atoms. The Balaban J connectivity index is 1.97. The van der Waals surface area contributed by atoms with Crippen LogP contribution in [0, 0.1) is 6.92 Å². The first kappa shape index (κ1) is 14.3. The van der Waals surface area contributed by atoms with Crippen LogP contribution in [0.4, 0.5) is 0 Å². The lowest BCUT2D eigenvalue weighted by atomic mass is 10.1. The summed E-state index contributed by atoms with van der Waals surface area (Å²) in [5.41, 5.74) is 0. The van der Waals surface area contributed by atoms with Gasteiger partial charge < -0.3 is 5.32 Å². The molecule has 2 aromatic rings. The third-order valence-corrected chi connectivity index (χ3v) is 6.02. The Morgan fingerprint density at radius 3 is 2.83 bits per heavy atom. The summed E-state index contributed by atoms with van der Waals surface area (Å²) in [6.07, 6.45) is 2.41. The molecule has 98 valence electrons. The number of nitrogens with one attached hydrogen (secondary N) is 1. The van der Waals surface area contributed by atoms with E-state index in [4.69, 9.17) is 0 Å². The van der Waals surface area contributed by atoms with E-state index in [9.17, 15) is 0 Å². The Bertz CT molecular complexity index is 456. The SMILES string of the molecule is CCCC(NCc1cc(Br)c(C)s1)c1cccs1. The van der Waals surface area contributed by atoms with E-state index in [1.165, 1.54) is 31.9 Å². The molecule has 0 bridgehead atoms. The summed E-state index contributed by atoms with van der Waals surface area (Å²) in [5, 5.41) is 5.84. The highest BCUT2D eigenvalue weighted by Gasteiger charge is 2.11. The van der Waals surface area contributed by atoms with Crippen LogP contribution in [-0.4, -0.2) is 0 Å². The van der Waals surface area contributed by atoms with Crippen molar-refractivity contribution < 1.29 is 0 Å². The number of thiophene rings is 2. The molecule has 1 atom stereocenters. The van der Waals surface area contributed by atoms with Gasteiger partial charge in [-0.2, -0.15) is 0 Å². The van der Waals surface area contributed by atoms with Gasteiger partial charge in [-0.05, 0) is 46.8 Å². The zero-order valence-corrected chi connectivity index (χ0v) is 13.9. The first-order chi connectivity index (χ1) is 8.70. The average Bonchev–Trinajstić information content (AvgIpc) is 2.96. The molecule has 0 amide bonds. The van der Waals surface area contributed by atoms with Crippen LogP contribution in [0.1, 0.15) is 40.4 Å². The topological polar surface area (TPSA) is 12.0 Å². The van der Waals surface area contributed by atoms with Crippen molar-refractivity contribution in [2.24, 2.45) is 0 Å². The number of halogens is 1. The Labute approximate surface area is 125 Å². The number of hydrogen-bond donors (Lipinski definition) is 1. The maximum Gasteiger partial charge on any atom is 0.0417 e. The van der Waals surface area contributed by atoms with Crippen LogP contribution in [0.5, 0.6) is 0 Å². The summed E-state index contributed by atoms with van der Waals surface area (Å²) >= 11 is 7.29. The van der Waals surface area contributed by atoms with Gasteiger partial charge in [-0.3, -0.25) is 0 Å². The van der Waals surface area contributed by atoms with Crippen molar-refractivity contribution in [1.82, 2.24) is 5.32 Å². The van der Waals surface area contributed by atoms with E-state index in [2.05, 4.69) is 58.7 Å². The number of aryl methyl sites for hydroxylation is 1. The normalized spacial score (nSPS) is 12.8. The zero-order chi connectivity index (χ0) is 13.0. The van der Waals surface area contributed by atoms with Gasteiger partial charge in [0.05, 0.1) is 0 Å². The highest BCUT2D eigenvalue weighted by Crippen LogP contribution is 2.28. The highest BCUT2D eigenvalue weighted by molar-refractivity contribution is 9.10. The van der Waals surface area contributed by atoms with Crippen LogP contribution >= 0.6 is 38.6 Å². The second-order valence-corrected chi connectivity index (χ2v) is 7.53. The van der Waals surface area contributed by atoms with E-state index in [0.717, 1.165) is 6.54 Å². The molecule has 0 aliphatic rings. The summed E-state index contributed by atoms with van der Waals surface area (Å²) in [5.74, 6) is 0. The molecule has 18 heavy (non-hydrogen) atoms. The minimum absolute atomic E-state index is 0.496. The second-order valence-electron chi connectivity index (χ2n) is 4.35. The van der Waals surface area contributed by atoms with Crippen LogP contribution in [-0.2, 0) is 6.54 Å². The van der Waals surface area contributed by atoms with Gasteiger partial charge in [-0.15, -0.1) is 22.7 Å². The Morgan fingerprint density at radius 1 is 1.44 bits per heavy atom. The van der Waals surface area contributed by atoms with Crippen molar-refractivity contribution >= 4 is 38.6 Å². The molecule has 1 N–H and O–H groups in total. The van der Waals surface area contributed by atoms with Crippen molar-refractivity contribution in [2.75, 3.05) is 0 Å². The van der Waals surface area contributed by atoms with Crippen LogP contribution in [0.25, 0.3) is 0 Å². The summed E-state index contributed by atoms with van der Waals surface area (Å²) in [6, 6.07) is 7.09. The fraction of sp³-hybridized carbons (Fsp3) is 0.429. The summed E-state index contributed by atoms with van der Waals surface area (Å²) in [6.45, 7) is 5.36. The molecule has 0 radical (unpaired) electrons. The van der Waals surface area contributed by atoms with Gasteiger partial charge in [0.15, 0.2) is 0 Å². The average molecular weight is 344 g/mol. The van der Waals surface area contributed by atoms with E-state index in [1.54, 1.807) is 0 Å². The number of rotatable bonds is 6. The molecule has 0 fully saturated rings. The lowest BCUT2D eigenvalue weighted by Crippen LogP contribution is -2.19. The minimum Gasteiger partial charge on any atom is -0.304 e. The summed E-state index contributed by atoms with van der Waals surface area (Å²) in [4.78, 5) is 4.20. The molecule has 4 heteroatoms. The fourth-order valence-electron chi connectivity index (χ4n) is 1.95. The van der Waals surface area contributed by atoms with Crippen molar-refractivity contribution in [3.63, 3.8) is 0 Å². The lowest BCUT2D eigenvalue weighted by Gasteiger charge is -2.16. The predicted octanol–water partition coefficient (Wildman–Crippen LogP) is 5.51. The second kappa shape index (κ2) is 6.85. The molecule has 0 saturated carbocycles. The first-order valence-corrected chi connectivity index (χ1v) is 8.71. The maximum absolute atomic E-state index is 3.68. The van der Waals surface area contributed by atoms with Gasteiger partial charge in [-0.25, -0.2) is 0 Å². The van der Waals surface area contributed by atoms with Crippen LogP contribution < -0.4 is 5.32 Å². The van der Waals surface area contributed by atoms with Gasteiger partial charge in [0, 0.05) is 31.7 Å². The monoisotopic (exact) mass is 343 g/mol. The van der Waals surface area contributed by atoms with E-state index in [-0.39, 0.29) is 0 Å². The molecule has 0 saturated heterocycles. The Morgan fingerprint density at radius 2 is 2.28 bits per heavy atom. The summed E-state index contributed by atoms with van der Waals surface area (Å²) < 4.78 is 1.23. The van der Waals surface area contributed by atoms with E-state index in [1.807, 2.05) is 22.7 Å². The minimum atomic E-state index is 0.496. The number of hydrogen-bond acceptors (Lipinski definition) is 3. The van der Waals surface area contributed by atoms with E-state index < -0.39 is 0 Å². The van der Waals surface area contributed by atoms with Crippen LogP contribution in [0.3, 0.4) is 0 Å². The molecule has 2 aromatic heterocycles. The fourth-order valence-corrected chi connectivity index (χ4v) is 4.34. The van der Waals surface area contributed by atoms with Crippen molar-refractivity contribution in [1.29, 1.82) is 0 Å². The summed E-state index contributed by atoms with van der Waals surface area (Å²) in [7, 11) is 0. The standard InChI is InChI=1S/C14H18BrNS2/c1-3-5-13(14-6-4-7-17-14)16-9-11-8-12(15)10(2)18-11/h4,6-8,13,16H,3,5,9H2,1-2H3. The molecule has 1 unspecified atom stereocenters. The van der Waals surface area contributed by atoms with Crippen molar-refractivity contribution in [3.05, 3.63) is 42.7 Å². The van der Waals surface area contributed by atoms with Gasteiger partial charge >= 0.3 is 0 Å². The molecule has 2 heterocycles. The van der Waals surface area contributed by atoms with Gasteiger partial charge in [0.2, 0.25) is 0 Å². The van der Waals surface area contributed by atoms with Crippen LogP contribution in [0.2, 0.25) is 0 Å². The smallest absolute Gasteiger partial charge is 0.0417 e. The van der Waals surface area contributed by atoms with Gasteiger partial charge in [0.25, 0.3) is 0 Å². The molecule has 1 nitrogen and oxygen atoms in total. The molecular weight excluding hydrogens is 326 g/mol. The highest BCUT2D eigenvalue weighted by atomic mass is 79.9. The molecule has 0 aliphatic heterocycles. The predicted molar refractivity (Wildman–Crippen MR) is 85.6 cm³/mol. The van der Waals surface area contributed by atoms with E-state index >= 15 is 0 Å². The Hall–Kier alpha value is -0.160. The Kier molecular flexibility index (Phi) is 5.42. The molecule has 2 rings (SSSR count). The molecule has 0 aromatic carbocycles. The zero-order valence-electron chi connectivity index (χ0n) is 10.7. The van der Waals surface area contributed by atoms with E-state index in [0.29, 0.717) is 6.04 Å².